The lowest BCUT2D eigenvalue weighted by Gasteiger charge is -2.32. The van der Waals surface area contributed by atoms with Crippen molar-refractivity contribution in [2.45, 2.75) is 0 Å². The third kappa shape index (κ3) is 5.38. The van der Waals surface area contributed by atoms with E-state index in [0.29, 0.717) is 17.6 Å². The number of aromatic nitrogens is 5. The van der Waals surface area contributed by atoms with Crippen LogP contribution < -0.4 is 4.90 Å². The second-order valence-corrected chi connectivity index (χ2v) is 16.9. The molecule has 0 bridgehead atoms. The summed E-state index contributed by atoms with van der Waals surface area (Å²) in [6.07, 6.45) is 0. The van der Waals surface area contributed by atoms with E-state index in [2.05, 4.69) is 232 Å². The maximum Gasteiger partial charge on any atom is 0.238 e. The Morgan fingerprint density at radius 1 is 0.308 bits per heavy atom. The minimum atomic E-state index is 0.558. The summed E-state index contributed by atoms with van der Waals surface area (Å²) >= 11 is 0. The number of para-hydroxylation sites is 4. The number of hydrogen-bond acceptors (Lipinski definition) is 4. The molecule has 0 radical (unpaired) electrons. The van der Waals surface area contributed by atoms with E-state index in [1.54, 1.807) is 0 Å². The van der Waals surface area contributed by atoms with Gasteiger partial charge in [-0.25, -0.2) is 4.98 Å². The molecule has 1 aliphatic rings. The molecular formula is C59H36N6. The summed E-state index contributed by atoms with van der Waals surface area (Å²) in [7, 11) is 0. The Labute approximate surface area is 373 Å². The third-order valence-electron chi connectivity index (χ3n) is 13.2. The van der Waals surface area contributed by atoms with Gasteiger partial charge in [0.15, 0.2) is 11.6 Å². The van der Waals surface area contributed by atoms with Crippen LogP contribution in [0.4, 0.5) is 17.3 Å². The molecule has 0 aliphatic carbocycles. The van der Waals surface area contributed by atoms with Crippen LogP contribution in [-0.2, 0) is 0 Å². The standard InChI is InChI=1S/C59H36N6/c1-3-19-42(20-4-1)63-50-26-11-9-23-44(50)47-34-40(29-31-52(47)63)57-60-58(41-30-32-53-48(35-41)45-24-10-12-27-51(45)64(53)43-21-5-2-6-22-43)62-59(61-57)65-54-28-14-18-37-17-13-25-46(56(37)54)49-33-38-15-7-8-16-39(38)36-55(49)65/h1-36H. The number of fused-ring (bicyclic) bond motifs is 9. The van der Waals surface area contributed by atoms with Crippen molar-refractivity contribution in [1.29, 1.82) is 0 Å². The van der Waals surface area contributed by atoms with Gasteiger partial charge in [-0.1, -0.05) is 127 Å². The van der Waals surface area contributed by atoms with Crippen molar-refractivity contribution in [3.8, 4) is 45.3 Å². The molecule has 6 nitrogen and oxygen atoms in total. The van der Waals surface area contributed by atoms with E-state index in [-0.39, 0.29) is 0 Å². The van der Waals surface area contributed by atoms with E-state index in [1.807, 2.05) is 0 Å². The summed E-state index contributed by atoms with van der Waals surface area (Å²) in [4.78, 5) is 18.6. The Balaban J connectivity index is 1.04. The highest BCUT2D eigenvalue weighted by atomic mass is 15.3. The van der Waals surface area contributed by atoms with Crippen molar-refractivity contribution < 1.29 is 0 Å². The molecule has 6 heteroatoms. The summed E-state index contributed by atoms with van der Waals surface area (Å²) < 4.78 is 4.68. The quantitative estimate of drug-likeness (QED) is 0.173. The van der Waals surface area contributed by atoms with Crippen LogP contribution >= 0.6 is 0 Å². The Hall–Kier alpha value is -8.87. The average Bonchev–Trinajstić information content (AvgIpc) is 3.89. The van der Waals surface area contributed by atoms with Gasteiger partial charge in [0.2, 0.25) is 5.95 Å². The van der Waals surface area contributed by atoms with Crippen LogP contribution in [-0.4, -0.2) is 24.1 Å². The molecule has 0 fully saturated rings. The lowest BCUT2D eigenvalue weighted by Crippen LogP contribution is -2.19. The van der Waals surface area contributed by atoms with E-state index in [0.717, 1.165) is 77.7 Å². The molecule has 0 spiro atoms. The molecule has 4 heterocycles. The molecule has 10 aromatic carbocycles. The van der Waals surface area contributed by atoms with Crippen LogP contribution in [0, 0.1) is 0 Å². The van der Waals surface area contributed by atoms with Gasteiger partial charge in [-0.2, -0.15) is 9.97 Å². The fraction of sp³-hybridized carbons (Fsp3) is 0. The van der Waals surface area contributed by atoms with Gasteiger partial charge in [0, 0.05) is 55.0 Å². The zero-order chi connectivity index (χ0) is 42.6. The van der Waals surface area contributed by atoms with Gasteiger partial charge >= 0.3 is 0 Å². The van der Waals surface area contributed by atoms with Crippen LogP contribution in [0.15, 0.2) is 218 Å². The highest BCUT2D eigenvalue weighted by molar-refractivity contribution is 6.16. The maximum atomic E-state index is 5.49. The predicted octanol–water partition coefficient (Wildman–Crippen LogP) is 15.2. The van der Waals surface area contributed by atoms with Crippen LogP contribution in [0.5, 0.6) is 0 Å². The second-order valence-electron chi connectivity index (χ2n) is 16.9. The van der Waals surface area contributed by atoms with Crippen molar-refractivity contribution in [3.05, 3.63) is 218 Å². The molecule has 0 unspecified atom stereocenters. The number of anilines is 3. The smallest absolute Gasteiger partial charge is 0.238 e. The number of rotatable bonds is 5. The number of benzene rings is 10. The summed E-state index contributed by atoms with van der Waals surface area (Å²) in [5, 5.41) is 9.28. The zero-order valence-electron chi connectivity index (χ0n) is 35.0. The lowest BCUT2D eigenvalue weighted by atomic mass is 9.90. The van der Waals surface area contributed by atoms with Gasteiger partial charge in [-0.15, -0.1) is 0 Å². The highest BCUT2D eigenvalue weighted by Gasteiger charge is 2.30. The van der Waals surface area contributed by atoms with Gasteiger partial charge in [-0.05, 0) is 113 Å². The van der Waals surface area contributed by atoms with Gasteiger partial charge in [0.1, 0.15) is 0 Å². The van der Waals surface area contributed by atoms with Crippen molar-refractivity contribution in [2.75, 3.05) is 4.90 Å². The van der Waals surface area contributed by atoms with Gasteiger partial charge in [0.05, 0.1) is 33.4 Å². The molecule has 0 N–H and O–H groups in total. The molecule has 13 aromatic rings. The minimum Gasteiger partial charge on any atom is -0.309 e. The molecule has 0 amide bonds. The SMILES string of the molecule is c1ccc(-n2c3ccccc3c3cc(-c4nc(-c5ccc6c(c5)c5ccccc5n6-c5ccccc5)nc(N5c6cc7ccccc7cc6-c6cccc7cccc5c67)n4)ccc32)cc1. The Bertz CT molecular complexity index is 3890. The molecule has 0 atom stereocenters. The topological polar surface area (TPSA) is 51.8 Å². The average molecular weight is 829 g/mol. The Kier molecular flexibility index (Phi) is 7.59. The van der Waals surface area contributed by atoms with Crippen LogP contribution in [0.1, 0.15) is 0 Å². The first kappa shape index (κ1) is 35.7. The third-order valence-corrected chi connectivity index (χ3v) is 13.2. The van der Waals surface area contributed by atoms with Crippen molar-refractivity contribution in [1.82, 2.24) is 24.1 Å². The monoisotopic (exact) mass is 828 g/mol. The molecule has 0 saturated heterocycles. The second kappa shape index (κ2) is 13.8. The van der Waals surface area contributed by atoms with E-state index >= 15 is 0 Å². The molecular weight excluding hydrogens is 793 g/mol. The largest absolute Gasteiger partial charge is 0.309 e. The van der Waals surface area contributed by atoms with Gasteiger partial charge in [0.25, 0.3) is 0 Å². The summed E-state index contributed by atoms with van der Waals surface area (Å²) in [5.74, 6) is 1.76. The van der Waals surface area contributed by atoms with Crippen molar-refractivity contribution in [2.24, 2.45) is 0 Å². The Morgan fingerprint density at radius 3 is 1.40 bits per heavy atom. The number of nitrogens with zero attached hydrogens (tertiary/aromatic N) is 6. The van der Waals surface area contributed by atoms with Crippen LogP contribution in [0.3, 0.4) is 0 Å². The molecule has 0 saturated carbocycles. The lowest BCUT2D eigenvalue weighted by molar-refractivity contribution is 1.02. The summed E-state index contributed by atoms with van der Waals surface area (Å²) in [6, 6.07) is 78.0. The van der Waals surface area contributed by atoms with E-state index in [1.165, 1.54) is 32.5 Å². The van der Waals surface area contributed by atoms with E-state index in [4.69, 9.17) is 15.0 Å². The van der Waals surface area contributed by atoms with E-state index < -0.39 is 0 Å². The Morgan fingerprint density at radius 2 is 0.800 bits per heavy atom. The molecule has 65 heavy (non-hydrogen) atoms. The fourth-order valence-electron chi connectivity index (χ4n) is 10.4. The first-order valence-electron chi connectivity index (χ1n) is 22.0. The normalized spacial score (nSPS) is 12.3. The molecule has 3 aromatic heterocycles. The van der Waals surface area contributed by atoms with Crippen molar-refractivity contribution in [3.63, 3.8) is 0 Å². The van der Waals surface area contributed by atoms with Crippen molar-refractivity contribution >= 4 is 82.5 Å². The van der Waals surface area contributed by atoms with Crippen LogP contribution in [0.2, 0.25) is 0 Å². The fourth-order valence-corrected chi connectivity index (χ4v) is 10.4. The molecule has 1 aliphatic heterocycles. The molecule has 302 valence electrons. The summed E-state index contributed by atoms with van der Waals surface area (Å²) in [6.45, 7) is 0. The summed E-state index contributed by atoms with van der Waals surface area (Å²) in [5.41, 5.74) is 13.0. The predicted molar refractivity (Wildman–Crippen MR) is 268 cm³/mol. The highest BCUT2D eigenvalue weighted by Crippen LogP contribution is 2.51. The van der Waals surface area contributed by atoms with Crippen LogP contribution in [0.25, 0.3) is 110 Å². The number of hydrogen-bond donors (Lipinski definition) is 0. The first-order valence-corrected chi connectivity index (χ1v) is 22.0. The minimum absolute atomic E-state index is 0.558. The maximum absolute atomic E-state index is 5.49. The van der Waals surface area contributed by atoms with Gasteiger partial charge < -0.3 is 9.13 Å². The van der Waals surface area contributed by atoms with Gasteiger partial charge in [-0.3, -0.25) is 4.90 Å². The molecule has 14 rings (SSSR count). The van der Waals surface area contributed by atoms with E-state index in [9.17, 15) is 0 Å². The first-order chi connectivity index (χ1) is 32.2. The zero-order valence-corrected chi connectivity index (χ0v) is 35.0.